The van der Waals surface area contributed by atoms with Gasteiger partial charge in [0.1, 0.15) is 0 Å². The van der Waals surface area contributed by atoms with Crippen LogP contribution in [0.3, 0.4) is 0 Å². The van der Waals surface area contributed by atoms with Crippen molar-refractivity contribution in [2.45, 2.75) is 37.6 Å². The highest BCUT2D eigenvalue weighted by Gasteiger charge is 2.62. The fourth-order valence-corrected chi connectivity index (χ4v) is 3.03. The van der Waals surface area contributed by atoms with Crippen molar-refractivity contribution in [3.8, 4) is 0 Å². The lowest BCUT2D eigenvalue weighted by atomic mass is 9.74. The third-order valence-corrected chi connectivity index (χ3v) is 4.17. The Morgan fingerprint density at radius 1 is 1.15 bits per heavy atom. The molecule has 3 aliphatic carbocycles. The Balaban J connectivity index is 1.90. The van der Waals surface area contributed by atoms with Crippen LogP contribution in [0.1, 0.15) is 32.1 Å². The number of allylic oxidation sites excluding steroid dienone is 2. The first-order chi connectivity index (χ1) is 6.27. The lowest BCUT2D eigenvalue weighted by Crippen LogP contribution is -2.48. The molecule has 0 aromatic rings. The molecule has 3 rings (SSSR count). The van der Waals surface area contributed by atoms with Gasteiger partial charge in [-0.05, 0) is 43.4 Å². The first kappa shape index (κ1) is 7.81. The molecule has 1 nitrogen and oxygen atoms in total. The van der Waals surface area contributed by atoms with Crippen LogP contribution in [0.2, 0.25) is 0 Å². The molecule has 70 valence electrons. The second-order valence-electron chi connectivity index (χ2n) is 4.96. The van der Waals surface area contributed by atoms with E-state index in [4.69, 9.17) is 5.73 Å². The maximum atomic E-state index is 6.50. The van der Waals surface area contributed by atoms with E-state index in [1.54, 1.807) is 0 Å². The maximum absolute atomic E-state index is 6.50. The van der Waals surface area contributed by atoms with Crippen LogP contribution in [0, 0.1) is 11.3 Å². The van der Waals surface area contributed by atoms with Crippen molar-refractivity contribution in [1.82, 2.24) is 0 Å². The Labute approximate surface area is 79.7 Å². The maximum Gasteiger partial charge on any atom is 0.0437 e. The van der Waals surface area contributed by atoms with Crippen LogP contribution in [0.25, 0.3) is 0 Å². The topological polar surface area (TPSA) is 26.0 Å². The average Bonchev–Trinajstić information content (AvgIpc) is 2.99. The zero-order valence-corrected chi connectivity index (χ0v) is 8.00. The summed E-state index contributed by atoms with van der Waals surface area (Å²) in [5, 5.41) is 0. The van der Waals surface area contributed by atoms with E-state index < -0.39 is 0 Å². The standard InChI is InChI=1S/C12H17N/c13-12(6-2-1-3-7-12)11(8-9-11)10-4-5-10/h1-3,6,10H,4-5,7-9,13H2. The Hall–Kier alpha value is -0.560. The summed E-state index contributed by atoms with van der Waals surface area (Å²) in [5.74, 6) is 0.952. The molecule has 2 N–H and O–H groups in total. The van der Waals surface area contributed by atoms with Crippen LogP contribution in [-0.2, 0) is 0 Å². The highest BCUT2D eigenvalue weighted by Crippen LogP contribution is 2.67. The summed E-state index contributed by atoms with van der Waals surface area (Å²) >= 11 is 0. The molecule has 0 aromatic carbocycles. The predicted octanol–water partition coefficient (Wildman–Crippen LogP) is 2.39. The summed E-state index contributed by atoms with van der Waals surface area (Å²) in [4.78, 5) is 0. The minimum atomic E-state index is 0.00289. The molecule has 1 unspecified atom stereocenters. The number of hydrogen-bond acceptors (Lipinski definition) is 1. The first-order valence-electron chi connectivity index (χ1n) is 5.40. The highest BCUT2D eigenvalue weighted by atomic mass is 14.9. The van der Waals surface area contributed by atoms with Gasteiger partial charge in [-0.2, -0.15) is 0 Å². The molecule has 3 aliphatic rings. The van der Waals surface area contributed by atoms with Crippen molar-refractivity contribution in [2.75, 3.05) is 0 Å². The summed E-state index contributed by atoms with van der Waals surface area (Å²) in [6.45, 7) is 0. The van der Waals surface area contributed by atoms with E-state index in [1.807, 2.05) is 0 Å². The summed E-state index contributed by atoms with van der Waals surface area (Å²) in [6, 6.07) is 0. The molecule has 13 heavy (non-hydrogen) atoms. The van der Waals surface area contributed by atoms with Crippen molar-refractivity contribution in [3.05, 3.63) is 24.3 Å². The summed E-state index contributed by atoms with van der Waals surface area (Å²) in [7, 11) is 0. The number of hydrogen-bond donors (Lipinski definition) is 1. The zero-order chi connectivity index (χ0) is 8.94. The molecule has 1 atom stereocenters. The highest BCUT2D eigenvalue weighted by molar-refractivity contribution is 5.30. The van der Waals surface area contributed by atoms with Crippen LogP contribution in [0.4, 0.5) is 0 Å². The van der Waals surface area contributed by atoms with Crippen LogP contribution >= 0.6 is 0 Å². The van der Waals surface area contributed by atoms with Crippen molar-refractivity contribution in [1.29, 1.82) is 0 Å². The lowest BCUT2D eigenvalue weighted by Gasteiger charge is -2.36. The van der Waals surface area contributed by atoms with E-state index in [0.717, 1.165) is 12.3 Å². The molecule has 0 amide bonds. The Kier molecular flexibility index (Phi) is 1.36. The minimum absolute atomic E-state index is 0.00289. The third-order valence-electron chi connectivity index (χ3n) is 4.17. The quantitative estimate of drug-likeness (QED) is 0.685. The normalized spacial score (nSPS) is 40.7. The largest absolute Gasteiger partial charge is 0.321 e. The Morgan fingerprint density at radius 2 is 1.92 bits per heavy atom. The van der Waals surface area contributed by atoms with Gasteiger partial charge in [0, 0.05) is 5.54 Å². The van der Waals surface area contributed by atoms with Gasteiger partial charge in [-0.1, -0.05) is 24.3 Å². The second kappa shape index (κ2) is 2.27. The van der Waals surface area contributed by atoms with Gasteiger partial charge in [-0.3, -0.25) is 0 Å². The Morgan fingerprint density at radius 3 is 2.38 bits per heavy atom. The molecule has 1 heteroatoms. The van der Waals surface area contributed by atoms with Crippen LogP contribution in [0.5, 0.6) is 0 Å². The van der Waals surface area contributed by atoms with Crippen LogP contribution in [0.15, 0.2) is 24.3 Å². The average molecular weight is 175 g/mol. The van der Waals surface area contributed by atoms with Crippen molar-refractivity contribution >= 4 is 0 Å². The summed E-state index contributed by atoms with van der Waals surface area (Å²) in [5.41, 5.74) is 7.01. The smallest absolute Gasteiger partial charge is 0.0437 e. The predicted molar refractivity (Wildman–Crippen MR) is 54.2 cm³/mol. The van der Waals surface area contributed by atoms with Gasteiger partial charge in [0.15, 0.2) is 0 Å². The molecule has 2 fully saturated rings. The minimum Gasteiger partial charge on any atom is -0.321 e. The van der Waals surface area contributed by atoms with E-state index in [2.05, 4.69) is 24.3 Å². The van der Waals surface area contributed by atoms with E-state index >= 15 is 0 Å². The van der Waals surface area contributed by atoms with Gasteiger partial charge in [0.25, 0.3) is 0 Å². The Bertz CT molecular complexity index is 281. The van der Waals surface area contributed by atoms with Crippen LogP contribution < -0.4 is 5.73 Å². The molecule has 0 radical (unpaired) electrons. The van der Waals surface area contributed by atoms with Crippen molar-refractivity contribution < 1.29 is 0 Å². The van der Waals surface area contributed by atoms with Crippen molar-refractivity contribution in [2.24, 2.45) is 17.1 Å². The van der Waals surface area contributed by atoms with E-state index in [9.17, 15) is 0 Å². The SMILES string of the molecule is NC1(C2(C3CC3)CC2)C=CC=CC1. The van der Waals surface area contributed by atoms with Gasteiger partial charge in [-0.25, -0.2) is 0 Å². The van der Waals surface area contributed by atoms with Gasteiger partial charge >= 0.3 is 0 Å². The fraction of sp³-hybridized carbons (Fsp3) is 0.667. The third kappa shape index (κ3) is 0.969. The molecule has 2 saturated carbocycles. The zero-order valence-electron chi connectivity index (χ0n) is 8.00. The van der Waals surface area contributed by atoms with E-state index in [1.165, 1.54) is 25.7 Å². The summed E-state index contributed by atoms with van der Waals surface area (Å²) in [6.07, 6.45) is 15.4. The molecule has 0 bridgehead atoms. The van der Waals surface area contributed by atoms with E-state index in [0.29, 0.717) is 5.41 Å². The number of nitrogens with two attached hydrogens (primary N) is 1. The summed E-state index contributed by atoms with van der Waals surface area (Å²) < 4.78 is 0. The van der Waals surface area contributed by atoms with Gasteiger partial charge in [0.05, 0.1) is 0 Å². The van der Waals surface area contributed by atoms with Gasteiger partial charge in [0.2, 0.25) is 0 Å². The number of rotatable bonds is 2. The molecular weight excluding hydrogens is 158 g/mol. The van der Waals surface area contributed by atoms with Crippen molar-refractivity contribution in [3.63, 3.8) is 0 Å². The molecule has 0 aromatic heterocycles. The fourth-order valence-electron chi connectivity index (χ4n) is 3.03. The van der Waals surface area contributed by atoms with Crippen LogP contribution in [-0.4, -0.2) is 5.54 Å². The van der Waals surface area contributed by atoms with Gasteiger partial charge < -0.3 is 5.73 Å². The molecule has 0 heterocycles. The van der Waals surface area contributed by atoms with E-state index in [-0.39, 0.29) is 5.54 Å². The molecule has 0 aliphatic heterocycles. The molecule has 0 spiro atoms. The first-order valence-corrected chi connectivity index (χ1v) is 5.40. The molecular formula is C12H17N. The second-order valence-corrected chi connectivity index (χ2v) is 4.96. The van der Waals surface area contributed by atoms with Gasteiger partial charge in [-0.15, -0.1) is 0 Å². The lowest BCUT2D eigenvalue weighted by molar-refractivity contribution is 0.268. The molecule has 0 saturated heterocycles. The monoisotopic (exact) mass is 175 g/mol.